The minimum Gasteiger partial charge on any atom is -0.396 e. The van der Waals surface area contributed by atoms with E-state index in [4.69, 9.17) is 0 Å². The summed E-state index contributed by atoms with van der Waals surface area (Å²) < 4.78 is 12.9. The number of halogens is 1. The summed E-state index contributed by atoms with van der Waals surface area (Å²) in [5, 5.41) is 9.30. The summed E-state index contributed by atoms with van der Waals surface area (Å²) >= 11 is 0. The minimum atomic E-state index is -0.203. The molecule has 0 aliphatic rings. The molecule has 0 aliphatic heterocycles. The molecule has 0 saturated carbocycles. The maximum Gasteiger partial charge on any atom is 0.123 e. The third-order valence-electron chi connectivity index (χ3n) is 3.28. The first-order chi connectivity index (χ1) is 6.88. The molecule has 0 bridgehead atoms. The zero-order valence-corrected chi connectivity index (χ0v) is 9.84. The van der Waals surface area contributed by atoms with Crippen molar-refractivity contribution in [3.8, 4) is 0 Å². The number of benzene rings is 1. The third-order valence-corrected chi connectivity index (χ3v) is 3.28. The monoisotopic (exact) mass is 210 g/mol. The topological polar surface area (TPSA) is 20.2 Å². The van der Waals surface area contributed by atoms with E-state index >= 15 is 0 Å². The van der Waals surface area contributed by atoms with Gasteiger partial charge in [0, 0.05) is 6.61 Å². The number of aliphatic hydroxyl groups is 1. The summed E-state index contributed by atoms with van der Waals surface area (Å²) in [7, 11) is 0. The van der Waals surface area contributed by atoms with Crippen LogP contribution in [0.2, 0.25) is 0 Å². The molecular formula is C13H19FO. The van der Waals surface area contributed by atoms with E-state index in [9.17, 15) is 9.50 Å². The van der Waals surface area contributed by atoms with Crippen LogP contribution in [0.5, 0.6) is 0 Å². The van der Waals surface area contributed by atoms with Gasteiger partial charge in [-0.3, -0.25) is 0 Å². The molecule has 1 aromatic rings. The molecule has 1 N–H and O–H groups in total. The van der Waals surface area contributed by atoms with Gasteiger partial charge in [0.15, 0.2) is 0 Å². The molecule has 2 heteroatoms. The second kappa shape index (κ2) is 4.31. The zero-order valence-electron chi connectivity index (χ0n) is 9.84. The Hall–Kier alpha value is -0.890. The van der Waals surface area contributed by atoms with Crippen LogP contribution >= 0.6 is 0 Å². The summed E-state index contributed by atoms with van der Waals surface area (Å²) in [5.41, 5.74) is 1.88. The lowest BCUT2D eigenvalue weighted by atomic mass is 9.75. The van der Waals surface area contributed by atoms with E-state index in [0.29, 0.717) is 0 Å². The van der Waals surface area contributed by atoms with E-state index in [1.165, 1.54) is 6.07 Å². The molecule has 0 aliphatic carbocycles. The van der Waals surface area contributed by atoms with Crippen LogP contribution in [0.1, 0.15) is 37.8 Å². The van der Waals surface area contributed by atoms with Crippen LogP contribution in [-0.4, -0.2) is 11.7 Å². The molecule has 1 atom stereocenters. The van der Waals surface area contributed by atoms with Crippen molar-refractivity contribution in [3.05, 3.63) is 35.1 Å². The number of aryl methyl sites for hydroxylation is 1. The van der Waals surface area contributed by atoms with E-state index in [-0.39, 0.29) is 23.8 Å². The fourth-order valence-corrected chi connectivity index (χ4v) is 1.68. The van der Waals surface area contributed by atoms with Gasteiger partial charge in [0.2, 0.25) is 0 Å². The molecule has 0 radical (unpaired) electrons. The molecule has 15 heavy (non-hydrogen) atoms. The summed E-state index contributed by atoms with van der Waals surface area (Å²) in [6, 6.07) is 4.83. The van der Waals surface area contributed by atoms with Crippen LogP contribution in [0, 0.1) is 18.2 Å². The summed E-state index contributed by atoms with van der Waals surface area (Å²) in [6.07, 6.45) is 0. The highest BCUT2D eigenvalue weighted by Crippen LogP contribution is 2.36. The van der Waals surface area contributed by atoms with Gasteiger partial charge in [0.1, 0.15) is 5.82 Å². The molecular weight excluding hydrogens is 191 g/mol. The first-order valence-corrected chi connectivity index (χ1v) is 5.25. The Bertz CT molecular complexity index is 344. The molecule has 0 aromatic heterocycles. The summed E-state index contributed by atoms with van der Waals surface area (Å²) in [6.45, 7) is 8.13. The Kier molecular flexibility index (Phi) is 3.50. The van der Waals surface area contributed by atoms with Crippen LogP contribution in [0.25, 0.3) is 0 Å². The fraction of sp³-hybridized carbons (Fsp3) is 0.538. The van der Waals surface area contributed by atoms with Gasteiger partial charge in [0.25, 0.3) is 0 Å². The lowest BCUT2D eigenvalue weighted by Crippen LogP contribution is -2.24. The van der Waals surface area contributed by atoms with Crippen LogP contribution in [0.3, 0.4) is 0 Å². The highest BCUT2D eigenvalue weighted by Gasteiger charge is 2.27. The van der Waals surface area contributed by atoms with Crippen LogP contribution in [-0.2, 0) is 0 Å². The van der Waals surface area contributed by atoms with Crippen molar-refractivity contribution in [1.82, 2.24) is 0 Å². The van der Waals surface area contributed by atoms with Crippen molar-refractivity contribution in [2.45, 2.75) is 33.6 Å². The molecule has 1 nitrogen and oxygen atoms in total. The lowest BCUT2D eigenvalue weighted by molar-refractivity contribution is 0.136. The first-order valence-electron chi connectivity index (χ1n) is 5.25. The van der Waals surface area contributed by atoms with Gasteiger partial charge in [-0.25, -0.2) is 4.39 Å². The maximum absolute atomic E-state index is 12.9. The van der Waals surface area contributed by atoms with E-state index in [2.05, 4.69) is 6.92 Å². The van der Waals surface area contributed by atoms with Gasteiger partial charge in [0.05, 0.1) is 0 Å². The molecule has 0 saturated heterocycles. The van der Waals surface area contributed by atoms with Gasteiger partial charge < -0.3 is 5.11 Å². The predicted molar refractivity (Wildman–Crippen MR) is 60.4 cm³/mol. The second-order valence-electron chi connectivity index (χ2n) is 4.87. The van der Waals surface area contributed by atoms with Crippen molar-refractivity contribution in [3.63, 3.8) is 0 Å². The van der Waals surface area contributed by atoms with Crippen molar-refractivity contribution >= 4 is 0 Å². The van der Waals surface area contributed by atoms with Crippen molar-refractivity contribution in [2.75, 3.05) is 6.61 Å². The van der Waals surface area contributed by atoms with Gasteiger partial charge >= 0.3 is 0 Å². The van der Waals surface area contributed by atoms with Crippen molar-refractivity contribution in [1.29, 1.82) is 0 Å². The predicted octanol–water partition coefficient (Wildman–Crippen LogP) is 3.26. The summed E-state index contributed by atoms with van der Waals surface area (Å²) in [5.74, 6) is 0.00774. The fourth-order valence-electron chi connectivity index (χ4n) is 1.68. The molecule has 84 valence electrons. The SMILES string of the molecule is Cc1cc(F)ccc1C(C)C(C)(C)CO. The smallest absolute Gasteiger partial charge is 0.123 e. The lowest BCUT2D eigenvalue weighted by Gasteiger charge is -2.31. The average molecular weight is 210 g/mol. The minimum absolute atomic E-state index is 0.130. The molecule has 0 amide bonds. The first kappa shape index (κ1) is 12.2. The van der Waals surface area contributed by atoms with Crippen molar-refractivity contribution in [2.24, 2.45) is 5.41 Å². The third kappa shape index (κ3) is 2.57. The average Bonchev–Trinajstić information content (AvgIpc) is 2.17. The maximum atomic E-state index is 12.9. The van der Waals surface area contributed by atoms with Crippen LogP contribution < -0.4 is 0 Å². The molecule has 0 fully saturated rings. The van der Waals surface area contributed by atoms with Gasteiger partial charge in [-0.05, 0) is 41.5 Å². The Morgan fingerprint density at radius 2 is 2.00 bits per heavy atom. The number of aliphatic hydroxyl groups excluding tert-OH is 1. The zero-order chi connectivity index (χ0) is 11.6. The van der Waals surface area contributed by atoms with E-state index in [1.807, 2.05) is 26.8 Å². The Morgan fingerprint density at radius 1 is 1.40 bits per heavy atom. The normalized spacial score (nSPS) is 14.0. The van der Waals surface area contributed by atoms with E-state index < -0.39 is 0 Å². The molecule has 1 aromatic carbocycles. The van der Waals surface area contributed by atoms with Crippen LogP contribution in [0.15, 0.2) is 18.2 Å². The summed E-state index contributed by atoms with van der Waals surface area (Å²) in [4.78, 5) is 0. The Balaban J connectivity index is 3.06. The van der Waals surface area contributed by atoms with E-state index in [1.54, 1.807) is 6.07 Å². The molecule has 0 spiro atoms. The largest absolute Gasteiger partial charge is 0.396 e. The molecule has 0 heterocycles. The van der Waals surface area contributed by atoms with Crippen molar-refractivity contribution < 1.29 is 9.50 Å². The second-order valence-corrected chi connectivity index (χ2v) is 4.87. The molecule has 1 rings (SSSR count). The number of rotatable bonds is 3. The van der Waals surface area contributed by atoms with Crippen LogP contribution in [0.4, 0.5) is 4.39 Å². The highest BCUT2D eigenvalue weighted by molar-refractivity contribution is 5.30. The van der Waals surface area contributed by atoms with E-state index in [0.717, 1.165) is 11.1 Å². The highest BCUT2D eigenvalue weighted by atomic mass is 19.1. The quantitative estimate of drug-likeness (QED) is 0.812. The molecule has 1 unspecified atom stereocenters. The Labute approximate surface area is 90.9 Å². The van der Waals surface area contributed by atoms with Gasteiger partial charge in [-0.15, -0.1) is 0 Å². The number of hydrogen-bond donors (Lipinski definition) is 1. The Morgan fingerprint density at radius 3 is 2.47 bits per heavy atom. The number of hydrogen-bond acceptors (Lipinski definition) is 1. The van der Waals surface area contributed by atoms with Gasteiger partial charge in [-0.1, -0.05) is 26.8 Å². The van der Waals surface area contributed by atoms with Gasteiger partial charge in [-0.2, -0.15) is 0 Å². The standard InChI is InChI=1S/C13H19FO/c1-9-7-11(14)5-6-12(9)10(2)13(3,4)8-15/h5-7,10,15H,8H2,1-4H3.